The smallest absolute Gasteiger partial charge is 0.321 e. The Bertz CT molecular complexity index is 863. The number of rotatable bonds is 6. The summed E-state index contributed by atoms with van der Waals surface area (Å²) < 4.78 is 5.07. The van der Waals surface area contributed by atoms with Crippen molar-refractivity contribution < 1.29 is 9.53 Å². The normalized spacial score (nSPS) is 10.5. The SMILES string of the molecule is COc1nc(CNC(=O)c2nc(-c3cccs3)cs2)nc(N(C)C)n1. The first kappa shape index (κ1) is 17.2. The van der Waals surface area contributed by atoms with E-state index in [1.807, 2.05) is 37.0 Å². The van der Waals surface area contributed by atoms with E-state index in [0.717, 1.165) is 10.6 Å². The maximum Gasteiger partial charge on any atom is 0.321 e. The predicted octanol–water partition coefficient (Wildman–Crippen LogP) is 2.06. The van der Waals surface area contributed by atoms with E-state index >= 15 is 0 Å². The molecule has 8 nitrogen and oxygen atoms in total. The van der Waals surface area contributed by atoms with Gasteiger partial charge < -0.3 is 15.0 Å². The molecule has 3 aromatic rings. The standard InChI is InChI=1S/C15H16N6O2S2/c1-21(2)14-18-11(19-15(20-14)23-3)7-16-12(22)13-17-9(8-25-13)10-5-4-6-24-10/h4-6,8H,7H2,1-3H3,(H,16,22). The van der Waals surface area contributed by atoms with Crippen LogP contribution in [0.4, 0.5) is 5.95 Å². The minimum atomic E-state index is -0.265. The van der Waals surface area contributed by atoms with Gasteiger partial charge in [0.2, 0.25) is 5.95 Å². The van der Waals surface area contributed by atoms with Gasteiger partial charge in [-0.25, -0.2) is 4.98 Å². The summed E-state index contributed by atoms with van der Waals surface area (Å²) in [7, 11) is 5.12. The van der Waals surface area contributed by atoms with Crippen molar-refractivity contribution in [1.29, 1.82) is 0 Å². The molecular formula is C15H16N6O2S2. The number of thiophene rings is 1. The third kappa shape index (κ3) is 4.09. The first-order valence-corrected chi connectivity index (χ1v) is 9.06. The Labute approximate surface area is 152 Å². The van der Waals surface area contributed by atoms with Crippen LogP contribution in [0.15, 0.2) is 22.9 Å². The summed E-state index contributed by atoms with van der Waals surface area (Å²) >= 11 is 2.89. The van der Waals surface area contributed by atoms with Gasteiger partial charge in [-0.15, -0.1) is 22.7 Å². The second kappa shape index (κ2) is 7.53. The summed E-state index contributed by atoms with van der Waals surface area (Å²) in [6.45, 7) is 0.159. The van der Waals surface area contributed by atoms with Crippen molar-refractivity contribution in [3.05, 3.63) is 33.7 Å². The van der Waals surface area contributed by atoms with Crippen LogP contribution in [0.25, 0.3) is 10.6 Å². The molecule has 0 unspecified atom stereocenters. The number of aromatic nitrogens is 4. The molecular weight excluding hydrogens is 360 g/mol. The van der Waals surface area contributed by atoms with E-state index in [-0.39, 0.29) is 18.5 Å². The Morgan fingerprint density at radius 2 is 2.08 bits per heavy atom. The molecule has 0 aliphatic heterocycles. The van der Waals surface area contributed by atoms with Crippen LogP contribution in [0.3, 0.4) is 0 Å². The van der Waals surface area contributed by atoms with Gasteiger partial charge in [0.05, 0.1) is 24.2 Å². The first-order chi connectivity index (χ1) is 12.1. The number of amides is 1. The van der Waals surface area contributed by atoms with E-state index in [1.165, 1.54) is 18.4 Å². The minimum Gasteiger partial charge on any atom is -0.467 e. The largest absolute Gasteiger partial charge is 0.467 e. The summed E-state index contributed by atoms with van der Waals surface area (Å²) in [5.74, 6) is 0.614. The van der Waals surface area contributed by atoms with E-state index in [1.54, 1.807) is 16.2 Å². The maximum atomic E-state index is 12.3. The molecule has 10 heteroatoms. The molecule has 0 aromatic carbocycles. The van der Waals surface area contributed by atoms with Gasteiger partial charge >= 0.3 is 6.01 Å². The van der Waals surface area contributed by atoms with E-state index in [0.29, 0.717) is 16.8 Å². The minimum absolute atomic E-state index is 0.159. The second-order valence-corrected chi connectivity index (χ2v) is 6.94. The zero-order valence-electron chi connectivity index (χ0n) is 13.9. The Hall–Kier alpha value is -2.59. The lowest BCUT2D eigenvalue weighted by molar-refractivity contribution is 0.0949. The van der Waals surface area contributed by atoms with Crippen molar-refractivity contribution in [3.63, 3.8) is 0 Å². The van der Waals surface area contributed by atoms with Gasteiger partial charge in [-0.1, -0.05) is 6.07 Å². The molecule has 0 radical (unpaired) electrons. The fourth-order valence-corrected chi connectivity index (χ4v) is 3.40. The van der Waals surface area contributed by atoms with Crippen molar-refractivity contribution in [2.75, 3.05) is 26.1 Å². The number of ether oxygens (including phenoxy) is 1. The maximum absolute atomic E-state index is 12.3. The summed E-state index contributed by atoms with van der Waals surface area (Å²) in [6, 6.07) is 4.13. The van der Waals surface area contributed by atoms with Gasteiger partial charge in [-0.3, -0.25) is 4.79 Å². The van der Waals surface area contributed by atoms with Crippen molar-refractivity contribution in [2.45, 2.75) is 6.54 Å². The third-order valence-electron chi connectivity index (χ3n) is 3.11. The highest BCUT2D eigenvalue weighted by Crippen LogP contribution is 2.26. The van der Waals surface area contributed by atoms with Crippen LogP contribution in [-0.2, 0) is 6.54 Å². The molecule has 25 heavy (non-hydrogen) atoms. The highest BCUT2D eigenvalue weighted by Gasteiger charge is 2.14. The molecule has 0 atom stereocenters. The van der Waals surface area contributed by atoms with Crippen LogP contribution >= 0.6 is 22.7 Å². The molecule has 3 rings (SSSR count). The first-order valence-electron chi connectivity index (χ1n) is 7.30. The van der Waals surface area contributed by atoms with Crippen molar-refractivity contribution in [1.82, 2.24) is 25.3 Å². The van der Waals surface area contributed by atoms with E-state index in [9.17, 15) is 4.79 Å². The molecule has 0 fully saturated rings. The number of anilines is 1. The number of carbonyl (C=O) groups excluding carboxylic acids is 1. The zero-order valence-corrected chi connectivity index (χ0v) is 15.5. The fraction of sp³-hybridized carbons (Fsp3) is 0.267. The molecule has 3 aromatic heterocycles. The van der Waals surface area contributed by atoms with Crippen molar-refractivity contribution in [2.24, 2.45) is 0 Å². The van der Waals surface area contributed by atoms with Crippen molar-refractivity contribution >= 4 is 34.5 Å². The Balaban J connectivity index is 1.69. The van der Waals surface area contributed by atoms with Gasteiger partial charge in [-0.2, -0.15) is 15.0 Å². The molecule has 3 heterocycles. The van der Waals surface area contributed by atoms with Gasteiger partial charge in [0, 0.05) is 19.5 Å². The second-order valence-electron chi connectivity index (χ2n) is 5.13. The topological polar surface area (TPSA) is 93.1 Å². The quantitative estimate of drug-likeness (QED) is 0.704. The van der Waals surface area contributed by atoms with Gasteiger partial charge in [0.15, 0.2) is 10.8 Å². The molecule has 0 aliphatic rings. The van der Waals surface area contributed by atoms with E-state index in [4.69, 9.17) is 4.74 Å². The van der Waals surface area contributed by atoms with E-state index in [2.05, 4.69) is 25.3 Å². The Kier molecular flexibility index (Phi) is 5.19. The highest BCUT2D eigenvalue weighted by atomic mass is 32.1. The monoisotopic (exact) mass is 376 g/mol. The molecule has 130 valence electrons. The number of nitrogens with zero attached hydrogens (tertiary/aromatic N) is 5. The van der Waals surface area contributed by atoms with Crippen LogP contribution in [0.1, 0.15) is 15.6 Å². The number of thiazole rings is 1. The van der Waals surface area contributed by atoms with Gasteiger partial charge in [0.1, 0.15) is 0 Å². The average Bonchev–Trinajstić information content (AvgIpc) is 3.30. The molecule has 0 bridgehead atoms. The lowest BCUT2D eigenvalue weighted by Gasteiger charge is -2.12. The number of hydrogen-bond acceptors (Lipinski definition) is 9. The molecule has 0 spiro atoms. The number of nitrogens with one attached hydrogen (secondary N) is 1. The molecule has 0 saturated heterocycles. The number of hydrogen-bond donors (Lipinski definition) is 1. The van der Waals surface area contributed by atoms with E-state index < -0.39 is 0 Å². The van der Waals surface area contributed by atoms with Gasteiger partial charge in [-0.05, 0) is 11.4 Å². The van der Waals surface area contributed by atoms with Crippen LogP contribution in [0.5, 0.6) is 6.01 Å². The lowest BCUT2D eigenvalue weighted by atomic mass is 10.4. The molecule has 0 saturated carbocycles. The number of methoxy groups -OCH3 is 1. The van der Waals surface area contributed by atoms with Crippen LogP contribution in [-0.4, -0.2) is 47.0 Å². The predicted molar refractivity (Wildman–Crippen MR) is 97.3 cm³/mol. The average molecular weight is 376 g/mol. The van der Waals surface area contributed by atoms with Crippen LogP contribution in [0, 0.1) is 0 Å². The summed E-state index contributed by atoms with van der Waals surface area (Å²) in [5, 5.41) is 7.03. The third-order valence-corrected chi connectivity index (χ3v) is 4.84. The van der Waals surface area contributed by atoms with Crippen LogP contribution < -0.4 is 15.0 Å². The fourth-order valence-electron chi connectivity index (χ4n) is 1.91. The lowest BCUT2D eigenvalue weighted by Crippen LogP contribution is -2.25. The van der Waals surface area contributed by atoms with Crippen molar-refractivity contribution in [3.8, 4) is 16.6 Å². The van der Waals surface area contributed by atoms with Crippen LogP contribution in [0.2, 0.25) is 0 Å². The summed E-state index contributed by atoms with van der Waals surface area (Å²) in [4.78, 5) is 32.0. The molecule has 1 N–H and O–H groups in total. The Morgan fingerprint density at radius 1 is 1.24 bits per heavy atom. The number of carbonyl (C=O) groups is 1. The Morgan fingerprint density at radius 3 is 2.76 bits per heavy atom. The zero-order chi connectivity index (χ0) is 17.8. The summed E-state index contributed by atoms with van der Waals surface area (Å²) in [5.41, 5.74) is 0.807. The summed E-state index contributed by atoms with van der Waals surface area (Å²) in [6.07, 6.45) is 0. The highest BCUT2D eigenvalue weighted by molar-refractivity contribution is 7.15. The molecule has 1 amide bonds. The molecule has 0 aliphatic carbocycles. The van der Waals surface area contributed by atoms with Gasteiger partial charge in [0.25, 0.3) is 5.91 Å².